The van der Waals surface area contributed by atoms with Gasteiger partial charge in [-0.1, -0.05) is 62.4 Å². The molecule has 1 aromatic heterocycles. The molecule has 0 saturated heterocycles. The van der Waals surface area contributed by atoms with Gasteiger partial charge in [0.2, 0.25) is 0 Å². The molecule has 0 bridgehead atoms. The van der Waals surface area contributed by atoms with Crippen LogP contribution in [0.3, 0.4) is 0 Å². The highest BCUT2D eigenvalue weighted by atomic mass is 19.1. The molecule has 0 radical (unpaired) electrons. The summed E-state index contributed by atoms with van der Waals surface area (Å²) >= 11 is 0. The van der Waals surface area contributed by atoms with E-state index in [0.717, 1.165) is 5.56 Å². The number of nitrogens with zero attached hydrogens (tertiary/aromatic N) is 3. The largest absolute Gasteiger partial charge is 0.466 e. The average Bonchev–Trinajstić information content (AvgIpc) is 3.53. The van der Waals surface area contributed by atoms with Crippen molar-refractivity contribution in [2.75, 3.05) is 31.7 Å². The molecule has 1 amide bonds. The summed E-state index contributed by atoms with van der Waals surface area (Å²) in [6, 6.07) is 24.4. The van der Waals surface area contributed by atoms with Gasteiger partial charge in [0.15, 0.2) is 0 Å². The van der Waals surface area contributed by atoms with Crippen LogP contribution in [-0.2, 0) is 30.5 Å². The third kappa shape index (κ3) is 13.9. The first kappa shape index (κ1) is 44.8. The maximum atomic E-state index is 14.3. The number of aliphatic hydroxyl groups is 2. The molecule has 0 spiro atoms. The van der Waals surface area contributed by atoms with Crippen LogP contribution in [0.15, 0.2) is 84.9 Å². The van der Waals surface area contributed by atoms with Crippen molar-refractivity contribution in [1.82, 2.24) is 4.57 Å². The van der Waals surface area contributed by atoms with Gasteiger partial charge >= 0.3 is 5.97 Å². The Morgan fingerprint density at radius 1 is 0.828 bits per heavy atom. The van der Waals surface area contributed by atoms with Crippen LogP contribution in [0.25, 0.3) is 22.4 Å². The number of anilines is 1. The molecular formula is C41H49FN4O12. The summed E-state index contributed by atoms with van der Waals surface area (Å²) in [5.74, 6) is -1.75. The monoisotopic (exact) mass is 808 g/mol. The SMILES string of the molecule is CC(C)c1c(C(=O)Nc2ccccc2)c(-c2ccccc2)c(-c2ccc(F)cc2)n1CC[C@@H](O)C[C@@H](O)CC(=O)OCCC(COCCCCO[N+](=O)[O-])O[N+](=O)[O-]. The lowest BCUT2D eigenvalue weighted by molar-refractivity contribution is -0.769. The van der Waals surface area contributed by atoms with Crippen molar-refractivity contribution >= 4 is 17.6 Å². The number of unbranched alkanes of at least 4 members (excludes halogenated alkanes) is 1. The number of carbonyl (C=O) groups is 2. The second-order valence-corrected chi connectivity index (χ2v) is 13.8. The number of nitrogens with one attached hydrogen (secondary N) is 1. The Morgan fingerprint density at radius 2 is 1.48 bits per heavy atom. The molecule has 58 heavy (non-hydrogen) atoms. The van der Waals surface area contributed by atoms with Gasteiger partial charge in [-0.25, -0.2) is 4.39 Å². The fourth-order valence-corrected chi connectivity index (χ4v) is 6.51. The van der Waals surface area contributed by atoms with Crippen LogP contribution < -0.4 is 5.32 Å². The molecule has 0 saturated carbocycles. The molecule has 4 aromatic rings. The van der Waals surface area contributed by atoms with Gasteiger partial charge in [0.25, 0.3) is 16.1 Å². The van der Waals surface area contributed by atoms with Gasteiger partial charge in [0, 0.05) is 36.5 Å². The molecule has 312 valence electrons. The van der Waals surface area contributed by atoms with E-state index in [2.05, 4.69) is 15.0 Å². The van der Waals surface area contributed by atoms with Crippen LogP contribution in [0.5, 0.6) is 0 Å². The van der Waals surface area contributed by atoms with Gasteiger partial charge in [-0.2, -0.15) is 0 Å². The second kappa shape index (κ2) is 22.7. The minimum atomic E-state index is -1.28. The Morgan fingerprint density at radius 3 is 2.12 bits per heavy atom. The van der Waals surface area contributed by atoms with Crippen LogP contribution in [0.1, 0.15) is 74.3 Å². The van der Waals surface area contributed by atoms with E-state index in [1.54, 1.807) is 24.3 Å². The van der Waals surface area contributed by atoms with E-state index in [9.17, 15) is 44.4 Å². The topological polar surface area (TPSA) is 215 Å². The molecule has 16 nitrogen and oxygen atoms in total. The standard InChI is InChI=1S/C41H49FN4O12/c1-28(2)39-38(41(50)43-32-13-7-4-8-14-32)37(29-11-5-3-6-12-29)40(30-15-17-31(42)18-16-30)44(39)21-19-33(47)25-34(48)26-36(49)56-24-20-35(58-46(53)54)27-55-22-9-10-23-57-45(51)52/h3-8,11-18,28,33-35,47-48H,9-10,19-27H2,1-2H3,(H,43,50)/t33-,34-,35?/m1/s1. The lowest BCUT2D eigenvalue weighted by Gasteiger charge is -2.20. The Kier molecular flexibility index (Phi) is 17.6. The molecule has 17 heteroatoms. The summed E-state index contributed by atoms with van der Waals surface area (Å²) in [6.45, 7) is 3.68. The number of aromatic nitrogens is 1. The van der Waals surface area contributed by atoms with Gasteiger partial charge in [-0.3, -0.25) is 9.59 Å². The molecule has 3 aromatic carbocycles. The number of halogens is 1. The number of benzene rings is 3. The van der Waals surface area contributed by atoms with Crippen LogP contribution in [0.2, 0.25) is 0 Å². The van der Waals surface area contributed by atoms with Crippen molar-refractivity contribution in [3.8, 4) is 22.4 Å². The van der Waals surface area contributed by atoms with Gasteiger partial charge in [0.05, 0.1) is 49.7 Å². The minimum absolute atomic E-state index is 0.0857. The van der Waals surface area contributed by atoms with E-state index < -0.39 is 46.7 Å². The molecule has 0 aliphatic rings. The smallest absolute Gasteiger partial charge is 0.308 e. The van der Waals surface area contributed by atoms with Crippen LogP contribution in [-0.4, -0.2) is 81.6 Å². The highest BCUT2D eigenvalue weighted by Gasteiger charge is 2.31. The molecule has 0 aliphatic heterocycles. The zero-order chi connectivity index (χ0) is 42.0. The number of esters is 1. The summed E-state index contributed by atoms with van der Waals surface area (Å²) in [7, 11) is 0. The molecular weight excluding hydrogens is 759 g/mol. The predicted octanol–water partition coefficient (Wildman–Crippen LogP) is 6.74. The van der Waals surface area contributed by atoms with Crippen molar-refractivity contribution < 1.29 is 53.5 Å². The fourth-order valence-electron chi connectivity index (χ4n) is 6.51. The zero-order valence-corrected chi connectivity index (χ0v) is 32.4. The maximum absolute atomic E-state index is 14.3. The predicted molar refractivity (Wildman–Crippen MR) is 210 cm³/mol. The van der Waals surface area contributed by atoms with Crippen molar-refractivity contribution in [2.24, 2.45) is 0 Å². The fraction of sp³-hybridized carbons (Fsp3) is 0.415. The molecule has 0 aliphatic carbocycles. The first-order chi connectivity index (χ1) is 27.8. The lowest BCUT2D eigenvalue weighted by Crippen LogP contribution is -2.27. The van der Waals surface area contributed by atoms with Gasteiger partial charge in [-0.15, -0.1) is 20.2 Å². The Labute approximate surface area is 334 Å². The number of amides is 1. The highest BCUT2D eigenvalue weighted by molar-refractivity contribution is 6.12. The summed E-state index contributed by atoms with van der Waals surface area (Å²) < 4.78 is 26.7. The van der Waals surface area contributed by atoms with E-state index >= 15 is 0 Å². The molecule has 1 heterocycles. The number of rotatable bonds is 25. The first-order valence-corrected chi connectivity index (χ1v) is 19.0. The Bertz CT molecular complexity index is 1930. The van der Waals surface area contributed by atoms with Gasteiger partial charge in [0.1, 0.15) is 11.9 Å². The third-order valence-electron chi connectivity index (χ3n) is 9.04. The van der Waals surface area contributed by atoms with Gasteiger partial charge in [-0.05, 0) is 79.1 Å². The number of hydrogen-bond donors (Lipinski definition) is 3. The maximum Gasteiger partial charge on any atom is 0.308 e. The number of carbonyl (C=O) groups excluding carboxylic acids is 2. The van der Waals surface area contributed by atoms with Crippen molar-refractivity contribution in [3.63, 3.8) is 0 Å². The minimum Gasteiger partial charge on any atom is -0.466 e. The molecule has 0 fully saturated rings. The summed E-state index contributed by atoms with van der Waals surface area (Å²) in [5, 5.41) is 44.1. The van der Waals surface area contributed by atoms with Gasteiger partial charge < -0.3 is 39.2 Å². The van der Waals surface area contributed by atoms with Crippen LogP contribution in [0.4, 0.5) is 10.1 Å². The number of aliphatic hydroxyl groups excluding tert-OH is 2. The van der Waals surface area contributed by atoms with E-state index in [1.807, 2.05) is 66.9 Å². The van der Waals surface area contributed by atoms with Crippen LogP contribution >= 0.6 is 0 Å². The van der Waals surface area contributed by atoms with E-state index in [-0.39, 0.29) is 64.1 Å². The highest BCUT2D eigenvalue weighted by Crippen LogP contribution is 2.42. The summed E-state index contributed by atoms with van der Waals surface area (Å²) in [4.78, 5) is 56.7. The normalized spacial score (nSPS) is 12.7. The average molecular weight is 809 g/mol. The quantitative estimate of drug-likeness (QED) is 0.0275. The summed E-state index contributed by atoms with van der Waals surface area (Å²) in [6.07, 6.45) is -3.29. The van der Waals surface area contributed by atoms with Crippen molar-refractivity contribution in [1.29, 1.82) is 0 Å². The zero-order valence-electron chi connectivity index (χ0n) is 32.4. The number of ether oxygens (including phenoxy) is 2. The van der Waals surface area contributed by atoms with Crippen LogP contribution in [0, 0.1) is 26.0 Å². The molecule has 3 N–H and O–H groups in total. The first-order valence-electron chi connectivity index (χ1n) is 19.0. The number of hydrogen-bond acceptors (Lipinski definition) is 12. The Balaban J connectivity index is 1.44. The molecule has 3 atom stereocenters. The molecule has 4 rings (SSSR count). The number of para-hydroxylation sites is 1. The third-order valence-corrected chi connectivity index (χ3v) is 9.04. The lowest BCUT2D eigenvalue weighted by atomic mass is 9.94. The molecule has 1 unspecified atom stereocenters. The van der Waals surface area contributed by atoms with E-state index in [1.165, 1.54) is 12.1 Å². The summed E-state index contributed by atoms with van der Waals surface area (Å²) in [5.41, 5.74) is 4.42. The van der Waals surface area contributed by atoms with E-state index in [4.69, 9.17) is 9.47 Å². The van der Waals surface area contributed by atoms with E-state index in [0.29, 0.717) is 46.6 Å². The second-order valence-electron chi connectivity index (χ2n) is 13.8. The Hall–Kier alpha value is -5.91. The van der Waals surface area contributed by atoms with Crippen molar-refractivity contribution in [3.05, 3.63) is 122 Å². The van der Waals surface area contributed by atoms with Crippen molar-refractivity contribution in [2.45, 2.75) is 83.1 Å².